The number of methoxy groups -OCH3 is 1. The number of hydrogen-bond acceptors (Lipinski definition) is 5. The van der Waals surface area contributed by atoms with Crippen LogP contribution in [0.5, 0.6) is 5.75 Å². The first-order valence-electron chi connectivity index (χ1n) is 10.1. The van der Waals surface area contributed by atoms with Gasteiger partial charge < -0.3 is 19.1 Å². The molecule has 3 rings (SSSR count). The Labute approximate surface area is 183 Å². The molecular weight excluding hydrogens is 427 g/mol. The second-order valence-corrected chi connectivity index (χ2v) is 7.52. The molecule has 0 saturated carbocycles. The van der Waals surface area contributed by atoms with Crippen molar-refractivity contribution in [2.45, 2.75) is 37.8 Å². The molecule has 0 radical (unpaired) electrons. The van der Waals surface area contributed by atoms with Crippen LogP contribution in [0, 0.1) is 0 Å². The summed E-state index contributed by atoms with van der Waals surface area (Å²) in [6.07, 6.45) is -3.86. The lowest BCUT2D eigenvalue weighted by atomic mass is 9.96. The molecule has 2 aromatic rings. The minimum absolute atomic E-state index is 0.0152. The summed E-state index contributed by atoms with van der Waals surface area (Å²) < 4.78 is 51.6. The van der Waals surface area contributed by atoms with E-state index in [1.165, 1.54) is 24.1 Å². The molecule has 1 atom stereocenters. The van der Waals surface area contributed by atoms with Gasteiger partial charge in [0.15, 0.2) is 5.54 Å². The van der Waals surface area contributed by atoms with Gasteiger partial charge in [0.25, 0.3) is 0 Å². The molecular formula is C23H24F3NO5. The number of nitrogens with zero attached hydrogens (tertiary/aromatic N) is 1. The van der Waals surface area contributed by atoms with E-state index in [4.69, 9.17) is 9.47 Å². The van der Waals surface area contributed by atoms with Gasteiger partial charge in [-0.15, -0.1) is 13.2 Å². The Morgan fingerprint density at radius 1 is 1.03 bits per heavy atom. The van der Waals surface area contributed by atoms with Gasteiger partial charge in [-0.2, -0.15) is 0 Å². The lowest BCUT2D eigenvalue weighted by Crippen LogP contribution is -2.57. The van der Waals surface area contributed by atoms with Gasteiger partial charge in [-0.25, -0.2) is 4.79 Å². The fraction of sp³-hybridized carbons (Fsp3) is 0.391. The summed E-state index contributed by atoms with van der Waals surface area (Å²) in [6.45, 7) is 0.624. The topological polar surface area (TPSA) is 65.1 Å². The molecule has 9 heteroatoms. The van der Waals surface area contributed by atoms with Crippen molar-refractivity contribution in [1.82, 2.24) is 4.90 Å². The highest BCUT2D eigenvalue weighted by atomic mass is 19.4. The molecule has 1 aliphatic rings. The summed E-state index contributed by atoms with van der Waals surface area (Å²) in [5.74, 6) is -1.25. The Hall–Kier alpha value is -3.07. The predicted molar refractivity (Wildman–Crippen MR) is 109 cm³/mol. The zero-order valence-corrected chi connectivity index (χ0v) is 17.6. The Morgan fingerprint density at radius 3 is 2.34 bits per heavy atom. The van der Waals surface area contributed by atoms with E-state index in [0.717, 1.165) is 17.7 Å². The van der Waals surface area contributed by atoms with Crippen molar-refractivity contribution in [3.63, 3.8) is 0 Å². The number of carbonyl (C=O) groups is 2. The summed E-state index contributed by atoms with van der Waals surface area (Å²) >= 11 is 0. The smallest absolute Gasteiger partial charge is 0.467 e. The van der Waals surface area contributed by atoms with Gasteiger partial charge in [0.2, 0.25) is 5.91 Å². The lowest BCUT2D eigenvalue weighted by molar-refractivity contribution is -0.274. The second kappa shape index (κ2) is 10.0. The molecule has 6 nitrogen and oxygen atoms in total. The van der Waals surface area contributed by atoms with Gasteiger partial charge in [-0.1, -0.05) is 42.5 Å². The van der Waals surface area contributed by atoms with E-state index >= 15 is 0 Å². The summed E-state index contributed by atoms with van der Waals surface area (Å²) in [6, 6.07) is 14.5. The molecule has 0 unspecified atom stereocenters. The zero-order valence-electron chi connectivity index (χ0n) is 17.6. The average Bonchev–Trinajstić information content (AvgIpc) is 3.19. The van der Waals surface area contributed by atoms with E-state index in [1.807, 2.05) is 30.3 Å². The standard InChI is InChI=1S/C23H24F3NO5/c1-30-21(29)22(16-31-15-18-6-3-2-4-7-18)12-5-13-27(22)20(28)14-17-8-10-19(11-9-17)32-23(24,25)26/h2-4,6-11H,5,12-16H2,1H3/t22-/m1/s1. The van der Waals surface area contributed by atoms with Crippen molar-refractivity contribution < 1.29 is 37.0 Å². The number of likely N-dealkylation sites (tertiary alicyclic amines) is 1. The largest absolute Gasteiger partial charge is 0.573 e. The number of alkyl halides is 3. The minimum Gasteiger partial charge on any atom is -0.467 e. The molecule has 2 aromatic carbocycles. The first-order chi connectivity index (χ1) is 15.2. The molecule has 0 aliphatic carbocycles. The van der Waals surface area contributed by atoms with Crippen LogP contribution >= 0.6 is 0 Å². The quantitative estimate of drug-likeness (QED) is 0.570. The molecule has 1 heterocycles. The molecule has 1 amide bonds. The Morgan fingerprint density at radius 2 is 1.72 bits per heavy atom. The molecule has 0 aromatic heterocycles. The number of benzene rings is 2. The molecule has 1 saturated heterocycles. The summed E-state index contributed by atoms with van der Waals surface area (Å²) in [5, 5.41) is 0. The molecule has 0 N–H and O–H groups in total. The number of carbonyl (C=O) groups excluding carboxylic acids is 2. The molecule has 0 bridgehead atoms. The maximum Gasteiger partial charge on any atom is 0.573 e. The normalized spacial score (nSPS) is 18.4. The van der Waals surface area contributed by atoms with Gasteiger partial charge >= 0.3 is 12.3 Å². The molecule has 1 aliphatic heterocycles. The summed E-state index contributed by atoms with van der Waals surface area (Å²) in [4.78, 5) is 27.2. The molecule has 1 fully saturated rings. The first kappa shape index (κ1) is 23.6. The highest BCUT2D eigenvalue weighted by Crippen LogP contribution is 2.32. The van der Waals surface area contributed by atoms with E-state index in [2.05, 4.69) is 4.74 Å². The predicted octanol–water partition coefficient (Wildman–Crippen LogP) is 3.88. The van der Waals surface area contributed by atoms with E-state index < -0.39 is 17.9 Å². The third kappa shape index (κ3) is 5.79. The van der Waals surface area contributed by atoms with E-state index in [-0.39, 0.29) is 31.3 Å². The minimum atomic E-state index is -4.78. The molecule has 172 valence electrons. The lowest BCUT2D eigenvalue weighted by Gasteiger charge is -2.35. The maximum absolute atomic E-state index is 13.0. The van der Waals surface area contributed by atoms with Crippen LogP contribution in [0.4, 0.5) is 13.2 Å². The van der Waals surface area contributed by atoms with Crippen molar-refractivity contribution in [1.29, 1.82) is 0 Å². The Kier molecular flexibility index (Phi) is 7.40. The second-order valence-electron chi connectivity index (χ2n) is 7.52. The number of rotatable bonds is 8. The summed E-state index contributed by atoms with van der Waals surface area (Å²) in [7, 11) is 1.27. The van der Waals surface area contributed by atoms with Crippen molar-refractivity contribution >= 4 is 11.9 Å². The number of esters is 1. The van der Waals surface area contributed by atoms with Crippen LogP contribution in [0.1, 0.15) is 24.0 Å². The Balaban J connectivity index is 1.69. The van der Waals surface area contributed by atoms with E-state index in [0.29, 0.717) is 24.9 Å². The van der Waals surface area contributed by atoms with Crippen LogP contribution in [-0.2, 0) is 32.1 Å². The van der Waals surface area contributed by atoms with E-state index in [1.54, 1.807) is 0 Å². The molecule has 0 spiro atoms. The van der Waals surface area contributed by atoms with E-state index in [9.17, 15) is 22.8 Å². The van der Waals surface area contributed by atoms with Gasteiger partial charge in [0.05, 0.1) is 26.7 Å². The van der Waals surface area contributed by atoms with Crippen molar-refractivity contribution in [3.8, 4) is 5.75 Å². The maximum atomic E-state index is 13.0. The SMILES string of the molecule is COC(=O)[C@]1(COCc2ccccc2)CCCN1C(=O)Cc1ccc(OC(F)(F)F)cc1. The Bertz CT molecular complexity index is 917. The highest BCUT2D eigenvalue weighted by molar-refractivity contribution is 5.89. The van der Waals surface area contributed by atoms with Gasteiger partial charge in [-0.3, -0.25) is 4.79 Å². The van der Waals surface area contributed by atoms with Crippen LogP contribution in [0.3, 0.4) is 0 Å². The average molecular weight is 451 g/mol. The zero-order chi connectivity index (χ0) is 23.2. The van der Waals surface area contributed by atoms with Crippen LogP contribution in [-0.4, -0.2) is 48.9 Å². The van der Waals surface area contributed by atoms with Gasteiger partial charge in [0, 0.05) is 6.54 Å². The van der Waals surface area contributed by atoms with Gasteiger partial charge in [-0.05, 0) is 36.1 Å². The summed E-state index contributed by atoms with van der Waals surface area (Å²) in [5.41, 5.74) is 0.199. The first-order valence-corrected chi connectivity index (χ1v) is 10.1. The van der Waals surface area contributed by atoms with Crippen LogP contribution in [0.25, 0.3) is 0 Å². The van der Waals surface area contributed by atoms with Crippen molar-refractivity contribution in [2.24, 2.45) is 0 Å². The van der Waals surface area contributed by atoms with Crippen LogP contribution < -0.4 is 4.74 Å². The third-order valence-electron chi connectivity index (χ3n) is 5.32. The van der Waals surface area contributed by atoms with Crippen molar-refractivity contribution in [2.75, 3.05) is 20.3 Å². The monoisotopic (exact) mass is 451 g/mol. The fourth-order valence-corrected chi connectivity index (χ4v) is 3.84. The van der Waals surface area contributed by atoms with Gasteiger partial charge in [0.1, 0.15) is 5.75 Å². The number of amides is 1. The molecule has 32 heavy (non-hydrogen) atoms. The number of ether oxygens (including phenoxy) is 3. The highest BCUT2D eigenvalue weighted by Gasteiger charge is 2.51. The number of hydrogen-bond donors (Lipinski definition) is 0. The fourth-order valence-electron chi connectivity index (χ4n) is 3.84. The van der Waals surface area contributed by atoms with Crippen LogP contribution in [0.2, 0.25) is 0 Å². The third-order valence-corrected chi connectivity index (χ3v) is 5.32. The van der Waals surface area contributed by atoms with Crippen LogP contribution in [0.15, 0.2) is 54.6 Å². The number of halogens is 3. The van der Waals surface area contributed by atoms with Crippen molar-refractivity contribution in [3.05, 3.63) is 65.7 Å².